The fraction of sp³-hybridized carbons (Fsp3) is 0.545. The average molecular weight is 267 g/mol. The maximum atomic E-state index is 12.2. The first kappa shape index (κ1) is 10.6. The predicted molar refractivity (Wildman–Crippen MR) is 69.0 cm³/mol. The number of aromatic nitrogens is 4. The van der Waals surface area contributed by atoms with Gasteiger partial charge < -0.3 is 9.71 Å². The van der Waals surface area contributed by atoms with Gasteiger partial charge in [-0.25, -0.2) is 14.8 Å². The van der Waals surface area contributed by atoms with Crippen LogP contribution in [0.2, 0.25) is 1.41 Å². The number of hydrogen-bond donors (Lipinski definition) is 1. The Bertz CT molecular complexity index is 662. The molecule has 0 aromatic carbocycles. The number of H-pyrrole nitrogens is 1. The minimum atomic E-state index is -0.352. The molecule has 7 heteroatoms. The fourth-order valence-corrected chi connectivity index (χ4v) is 2.56. The number of fused-ring (bicyclic) bond motifs is 1. The number of ether oxygens (including phenoxy) is 1. The molecule has 2 aromatic rings. The lowest BCUT2D eigenvalue weighted by Crippen LogP contribution is -2.27. The van der Waals surface area contributed by atoms with Crippen molar-refractivity contribution in [1.82, 2.24) is 19.5 Å². The molecule has 1 fully saturated rings. The van der Waals surface area contributed by atoms with E-state index in [9.17, 15) is 4.79 Å². The second-order valence-corrected chi connectivity index (χ2v) is 4.95. The van der Waals surface area contributed by atoms with Crippen molar-refractivity contribution in [3.8, 4) is 0 Å². The van der Waals surface area contributed by atoms with Crippen molar-refractivity contribution in [3.05, 3.63) is 16.7 Å². The number of aromatic amines is 1. The van der Waals surface area contributed by atoms with Gasteiger partial charge in [0.2, 0.25) is 0 Å². The molecule has 0 amide bonds. The minimum Gasteiger partial charge on any atom is -0.381 e. The molecule has 96 valence electrons. The zero-order valence-corrected chi connectivity index (χ0v) is 10.8. The van der Waals surface area contributed by atoms with Crippen molar-refractivity contribution in [2.75, 3.05) is 19.5 Å². The van der Waals surface area contributed by atoms with E-state index in [0.29, 0.717) is 29.5 Å². The third-order valence-electron chi connectivity index (χ3n) is 3.12. The zero-order chi connectivity index (χ0) is 13.4. The molecule has 1 N–H and O–H groups in total. The van der Waals surface area contributed by atoms with Crippen LogP contribution in [0.3, 0.4) is 0 Å². The van der Waals surface area contributed by atoms with E-state index >= 15 is 0 Å². The molecular formula is C11H14N4O2S. The smallest absolute Gasteiger partial charge is 0.327 e. The molecule has 6 nitrogen and oxygen atoms in total. The Kier molecular flexibility index (Phi) is 2.78. The molecule has 0 radical (unpaired) electrons. The summed E-state index contributed by atoms with van der Waals surface area (Å²) in [5.74, 6) is 0. The standard InChI is InChI=1S/C11H14N4O2S/c1-18-10-12-6-8-9(14-10)15(11(16)13-8)7-2-4-17-5-3-7/h6-7H,2-5H2,1H3,(H,13,16)/i/hD. The van der Waals surface area contributed by atoms with Gasteiger partial charge in [-0.15, -0.1) is 0 Å². The van der Waals surface area contributed by atoms with Crippen LogP contribution < -0.4 is 5.69 Å². The first-order valence-corrected chi connectivity index (χ1v) is 7.06. The normalized spacial score (nSPS) is 18.2. The highest BCUT2D eigenvalue weighted by Crippen LogP contribution is 2.23. The topological polar surface area (TPSA) is 72.8 Å². The van der Waals surface area contributed by atoms with E-state index in [0.717, 1.165) is 17.8 Å². The third-order valence-corrected chi connectivity index (χ3v) is 3.68. The summed E-state index contributed by atoms with van der Waals surface area (Å²) < 4.78 is 14.8. The molecule has 0 spiro atoms. The van der Waals surface area contributed by atoms with Crippen LogP contribution in [0.25, 0.3) is 11.2 Å². The molecule has 0 unspecified atom stereocenters. The van der Waals surface area contributed by atoms with Crippen molar-refractivity contribution >= 4 is 22.9 Å². The summed E-state index contributed by atoms with van der Waals surface area (Å²) in [6.45, 7) is 1.28. The average Bonchev–Trinajstić information content (AvgIpc) is 2.71. The second-order valence-electron chi connectivity index (χ2n) is 4.17. The Labute approximate surface area is 109 Å². The maximum Gasteiger partial charge on any atom is 0.327 e. The van der Waals surface area contributed by atoms with Crippen LogP contribution in [-0.2, 0) is 4.74 Å². The summed E-state index contributed by atoms with van der Waals surface area (Å²) >= 11 is 1.42. The molecule has 3 rings (SSSR count). The molecule has 1 aliphatic rings. The van der Waals surface area contributed by atoms with Gasteiger partial charge in [0.1, 0.15) is 5.52 Å². The lowest BCUT2D eigenvalue weighted by molar-refractivity contribution is 0.0696. The number of hydrogen-bond acceptors (Lipinski definition) is 5. The van der Waals surface area contributed by atoms with Crippen molar-refractivity contribution in [1.29, 1.82) is 0 Å². The monoisotopic (exact) mass is 267 g/mol. The minimum absolute atomic E-state index is 0.0555. The van der Waals surface area contributed by atoms with Gasteiger partial charge in [0, 0.05) is 19.3 Å². The molecule has 0 atom stereocenters. The molecule has 1 aliphatic heterocycles. The molecule has 3 heterocycles. The Hall–Kier alpha value is -1.34. The molecular weight excluding hydrogens is 252 g/mol. The summed E-state index contributed by atoms with van der Waals surface area (Å²) in [6, 6.07) is 0.0555. The molecule has 2 aromatic heterocycles. The van der Waals surface area contributed by atoms with Gasteiger partial charge in [-0.05, 0) is 19.1 Å². The van der Waals surface area contributed by atoms with E-state index in [1.54, 1.807) is 10.8 Å². The largest absolute Gasteiger partial charge is 0.381 e. The van der Waals surface area contributed by atoms with Crippen LogP contribution in [-0.4, -0.2) is 39.0 Å². The number of nitrogens with zero attached hydrogens (tertiary/aromatic N) is 3. The Morgan fingerprint density at radius 3 is 3.11 bits per heavy atom. The van der Waals surface area contributed by atoms with Crippen molar-refractivity contribution < 1.29 is 6.15 Å². The lowest BCUT2D eigenvalue weighted by atomic mass is 10.1. The van der Waals surface area contributed by atoms with Gasteiger partial charge in [0.15, 0.2) is 12.2 Å². The zero-order valence-electron chi connectivity index (χ0n) is 11.0. The first-order chi connectivity index (χ1) is 9.22. The van der Waals surface area contributed by atoms with E-state index in [-0.39, 0.29) is 11.7 Å². The predicted octanol–water partition coefficient (Wildman–Crippen LogP) is 1.19. The lowest BCUT2D eigenvalue weighted by Gasteiger charge is -2.22. The van der Waals surface area contributed by atoms with Crippen LogP contribution in [0, 0.1) is 0 Å². The van der Waals surface area contributed by atoms with E-state index in [1.165, 1.54) is 11.8 Å². The summed E-state index contributed by atoms with van der Waals surface area (Å²) in [6.07, 6.45) is 4.98. The van der Waals surface area contributed by atoms with Crippen molar-refractivity contribution in [2.45, 2.75) is 24.0 Å². The van der Waals surface area contributed by atoms with Crippen LogP contribution in [0.5, 0.6) is 0 Å². The van der Waals surface area contributed by atoms with Crippen LogP contribution in [0.4, 0.5) is 0 Å². The number of imidazole rings is 1. The van der Waals surface area contributed by atoms with E-state index in [1.807, 2.05) is 6.26 Å². The van der Waals surface area contributed by atoms with Crippen molar-refractivity contribution in [3.63, 3.8) is 0 Å². The second kappa shape index (κ2) is 4.74. The van der Waals surface area contributed by atoms with Gasteiger partial charge in [0.25, 0.3) is 0 Å². The van der Waals surface area contributed by atoms with Gasteiger partial charge >= 0.3 is 5.69 Å². The molecule has 0 bridgehead atoms. The van der Waals surface area contributed by atoms with Gasteiger partial charge in [-0.2, -0.15) is 0 Å². The first-order valence-electron chi connectivity index (χ1n) is 6.28. The highest BCUT2D eigenvalue weighted by Gasteiger charge is 2.21. The SMILES string of the molecule is [2H]n1c(=O)n(C2CCOCC2)c2nc(SC)ncc21. The van der Waals surface area contributed by atoms with Crippen molar-refractivity contribution in [2.24, 2.45) is 0 Å². The van der Waals surface area contributed by atoms with Gasteiger partial charge in [0.05, 0.1) is 6.20 Å². The van der Waals surface area contributed by atoms with E-state index in [2.05, 4.69) is 9.97 Å². The Morgan fingerprint density at radius 1 is 1.61 bits per heavy atom. The highest BCUT2D eigenvalue weighted by atomic mass is 32.2. The van der Waals surface area contributed by atoms with E-state index in [4.69, 9.17) is 6.15 Å². The fourth-order valence-electron chi connectivity index (χ4n) is 2.23. The maximum absolute atomic E-state index is 12.2. The summed E-state index contributed by atoms with van der Waals surface area (Å²) in [4.78, 5) is 21.6. The highest BCUT2D eigenvalue weighted by molar-refractivity contribution is 7.98. The summed E-state index contributed by atoms with van der Waals surface area (Å²) in [5, 5.41) is 0.610. The molecule has 0 aliphatic carbocycles. The van der Waals surface area contributed by atoms with Gasteiger partial charge in [-0.3, -0.25) is 4.57 Å². The summed E-state index contributed by atoms with van der Waals surface area (Å²) in [5.41, 5.74) is 0.648. The van der Waals surface area contributed by atoms with Crippen LogP contribution >= 0.6 is 11.8 Å². The summed E-state index contributed by atoms with van der Waals surface area (Å²) in [7, 11) is 0. The number of nitrogens with one attached hydrogen (secondary N) is 1. The Morgan fingerprint density at radius 2 is 2.39 bits per heavy atom. The number of thioether (sulfide) groups is 1. The Balaban J connectivity index is 2.21. The van der Waals surface area contributed by atoms with Crippen LogP contribution in [0.1, 0.15) is 18.9 Å². The number of rotatable bonds is 2. The molecule has 18 heavy (non-hydrogen) atoms. The molecule has 1 saturated heterocycles. The molecule has 0 saturated carbocycles. The quantitative estimate of drug-likeness (QED) is 0.653. The van der Waals surface area contributed by atoms with Crippen LogP contribution in [0.15, 0.2) is 16.1 Å². The van der Waals surface area contributed by atoms with E-state index < -0.39 is 0 Å². The third kappa shape index (κ3) is 1.93. The van der Waals surface area contributed by atoms with Gasteiger partial charge in [-0.1, -0.05) is 11.8 Å².